The fourth-order valence-electron chi connectivity index (χ4n) is 7.64. The van der Waals surface area contributed by atoms with Gasteiger partial charge in [0.25, 0.3) is 0 Å². The van der Waals surface area contributed by atoms with Gasteiger partial charge in [-0.3, -0.25) is 0 Å². The minimum atomic E-state index is -3.34. The third-order valence-corrected chi connectivity index (χ3v) is 18.0. The second-order valence-corrected chi connectivity index (χ2v) is 18.4. The standard InChI is InChI=1S/C42H30NO2PSi/c44-46(32-16-4-1-5-17-32)39-26-14-15-27-41(39)47(33-18-6-2-7-19-33,34-20-8-3-9-21-34)42-29-28-31(30-40(42)46)43-35-22-10-12-24-37(35)45-38-25-13-11-23-36(38)43/h1-30H. The summed E-state index contributed by atoms with van der Waals surface area (Å²) in [5.74, 6) is 1.58. The van der Waals surface area contributed by atoms with Crippen LogP contribution in [-0.4, -0.2) is 8.07 Å². The molecule has 0 aliphatic carbocycles. The van der Waals surface area contributed by atoms with Crippen molar-refractivity contribution in [1.82, 2.24) is 0 Å². The van der Waals surface area contributed by atoms with Gasteiger partial charge in [-0.15, -0.1) is 0 Å². The Morgan fingerprint density at radius 3 is 1.57 bits per heavy atom. The normalized spacial score (nSPS) is 17.0. The second-order valence-electron chi connectivity index (χ2n) is 12.0. The van der Waals surface area contributed by atoms with Gasteiger partial charge >= 0.3 is 0 Å². The molecule has 1 atom stereocenters. The largest absolute Gasteiger partial charge is 0.453 e. The highest BCUT2D eigenvalue weighted by Gasteiger charge is 2.53. The van der Waals surface area contributed by atoms with Gasteiger partial charge in [-0.05, 0) is 57.1 Å². The molecule has 0 saturated carbocycles. The maximum Gasteiger partial charge on any atom is 0.181 e. The molecule has 224 valence electrons. The van der Waals surface area contributed by atoms with E-state index in [0.29, 0.717) is 0 Å². The lowest BCUT2D eigenvalue weighted by Crippen LogP contribution is -2.81. The predicted octanol–water partition coefficient (Wildman–Crippen LogP) is 6.59. The van der Waals surface area contributed by atoms with Crippen molar-refractivity contribution < 1.29 is 9.30 Å². The number of benzene rings is 7. The van der Waals surface area contributed by atoms with Crippen molar-refractivity contribution in [1.29, 1.82) is 0 Å². The van der Waals surface area contributed by atoms with Gasteiger partial charge in [0.2, 0.25) is 0 Å². The Labute approximate surface area is 275 Å². The molecule has 47 heavy (non-hydrogen) atoms. The molecule has 0 amide bonds. The Morgan fingerprint density at radius 2 is 0.957 bits per heavy atom. The van der Waals surface area contributed by atoms with Crippen LogP contribution in [0.15, 0.2) is 182 Å². The molecule has 0 fully saturated rings. The summed E-state index contributed by atoms with van der Waals surface area (Å²) >= 11 is 0. The summed E-state index contributed by atoms with van der Waals surface area (Å²) in [6.45, 7) is 0. The highest BCUT2D eigenvalue weighted by Crippen LogP contribution is 2.51. The molecule has 7 aromatic rings. The van der Waals surface area contributed by atoms with Crippen LogP contribution in [0.1, 0.15) is 0 Å². The molecule has 2 aliphatic heterocycles. The zero-order chi connectivity index (χ0) is 31.4. The summed E-state index contributed by atoms with van der Waals surface area (Å²) in [7, 11) is -6.27. The maximum atomic E-state index is 16.3. The minimum Gasteiger partial charge on any atom is -0.453 e. The Morgan fingerprint density at radius 1 is 0.468 bits per heavy atom. The van der Waals surface area contributed by atoms with E-state index in [0.717, 1.165) is 44.5 Å². The summed E-state index contributed by atoms with van der Waals surface area (Å²) < 4.78 is 22.7. The van der Waals surface area contributed by atoms with Crippen LogP contribution in [0.5, 0.6) is 11.5 Å². The number of hydrogen-bond donors (Lipinski definition) is 0. The molecule has 2 aliphatic rings. The van der Waals surface area contributed by atoms with E-state index in [2.05, 4.69) is 114 Å². The fraction of sp³-hybridized carbons (Fsp3) is 0. The summed E-state index contributed by atoms with van der Waals surface area (Å²) in [5.41, 5.74) is 2.85. The van der Waals surface area contributed by atoms with Crippen LogP contribution in [0.3, 0.4) is 0 Å². The van der Waals surface area contributed by atoms with E-state index < -0.39 is 15.2 Å². The molecule has 1 unspecified atom stereocenters. The first kappa shape index (κ1) is 27.9. The number of rotatable bonds is 4. The number of anilines is 3. The van der Waals surface area contributed by atoms with E-state index >= 15 is 4.57 Å². The van der Waals surface area contributed by atoms with Crippen molar-refractivity contribution >= 4 is 68.9 Å². The maximum absolute atomic E-state index is 16.3. The van der Waals surface area contributed by atoms with Crippen molar-refractivity contribution in [3.8, 4) is 11.5 Å². The number of ether oxygens (including phenoxy) is 1. The third-order valence-electron chi connectivity index (χ3n) is 9.60. The van der Waals surface area contributed by atoms with E-state index in [-0.39, 0.29) is 0 Å². The zero-order valence-electron chi connectivity index (χ0n) is 25.5. The second kappa shape index (κ2) is 10.8. The Balaban J connectivity index is 1.42. The van der Waals surface area contributed by atoms with E-state index in [1.807, 2.05) is 72.8 Å². The fourth-order valence-corrected chi connectivity index (χ4v) is 17.3. The minimum absolute atomic E-state index is 0.790. The third kappa shape index (κ3) is 4.02. The van der Waals surface area contributed by atoms with Crippen LogP contribution in [0, 0.1) is 0 Å². The quantitative estimate of drug-likeness (QED) is 0.161. The molecule has 2 heterocycles. The van der Waals surface area contributed by atoms with E-state index in [1.165, 1.54) is 20.7 Å². The van der Waals surface area contributed by atoms with Gasteiger partial charge in [-0.25, -0.2) is 0 Å². The molecular formula is C42H30NO2PSi. The lowest BCUT2D eigenvalue weighted by Gasteiger charge is -2.44. The van der Waals surface area contributed by atoms with Gasteiger partial charge in [-0.1, -0.05) is 146 Å². The first-order valence-corrected chi connectivity index (χ1v) is 19.6. The number of nitrogens with zero attached hydrogens (tertiary/aromatic N) is 1. The molecule has 3 nitrogen and oxygen atoms in total. The molecule has 9 rings (SSSR count). The van der Waals surface area contributed by atoms with Crippen LogP contribution in [0.2, 0.25) is 0 Å². The van der Waals surface area contributed by atoms with Crippen molar-refractivity contribution in [2.45, 2.75) is 0 Å². The van der Waals surface area contributed by atoms with Crippen LogP contribution < -0.4 is 46.3 Å². The van der Waals surface area contributed by atoms with Gasteiger partial charge in [-0.2, -0.15) is 0 Å². The summed E-state index contributed by atoms with van der Waals surface area (Å²) in [6, 6.07) is 63.3. The van der Waals surface area contributed by atoms with Crippen molar-refractivity contribution in [3.05, 3.63) is 182 Å². The molecule has 0 aromatic heterocycles. The SMILES string of the molecule is O=P1(c2ccccc2)c2ccccc2[Si](c2ccccc2)(c2ccccc2)c2ccc(N3c4ccccc4Oc4ccccc43)cc21. The Hall–Kier alpha value is -5.41. The number of hydrogen-bond acceptors (Lipinski definition) is 3. The van der Waals surface area contributed by atoms with Gasteiger partial charge in [0.1, 0.15) is 0 Å². The van der Waals surface area contributed by atoms with Gasteiger partial charge in [0.05, 0.1) is 11.4 Å². The first-order valence-electron chi connectivity index (χ1n) is 15.9. The Kier molecular flexibility index (Phi) is 6.43. The smallest absolute Gasteiger partial charge is 0.181 e. The topological polar surface area (TPSA) is 29.5 Å². The Bertz CT molecular complexity index is 2240. The number of fused-ring (bicyclic) bond motifs is 4. The van der Waals surface area contributed by atoms with Crippen LogP contribution in [0.25, 0.3) is 0 Å². The molecule has 0 spiro atoms. The highest BCUT2D eigenvalue weighted by atomic mass is 31.2. The molecule has 7 aromatic carbocycles. The van der Waals surface area contributed by atoms with Crippen LogP contribution in [0.4, 0.5) is 17.1 Å². The van der Waals surface area contributed by atoms with Gasteiger partial charge in [0, 0.05) is 21.6 Å². The lowest BCUT2D eigenvalue weighted by atomic mass is 10.1. The first-order chi connectivity index (χ1) is 23.2. The van der Waals surface area contributed by atoms with E-state index in [4.69, 9.17) is 4.74 Å². The van der Waals surface area contributed by atoms with Crippen LogP contribution in [-0.2, 0) is 4.57 Å². The van der Waals surface area contributed by atoms with Crippen molar-refractivity contribution in [2.75, 3.05) is 4.90 Å². The summed E-state index contributed by atoms with van der Waals surface area (Å²) in [6.07, 6.45) is 0. The molecule has 0 N–H and O–H groups in total. The molecule has 0 bridgehead atoms. The highest BCUT2D eigenvalue weighted by molar-refractivity contribution is 7.87. The van der Waals surface area contributed by atoms with Crippen molar-refractivity contribution in [3.63, 3.8) is 0 Å². The van der Waals surface area contributed by atoms with Gasteiger partial charge in [0.15, 0.2) is 26.7 Å². The van der Waals surface area contributed by atoms with Gasteiger partial charge < -0.3 is 14.2 Å². The van der Waals surface area contributed by atoms with E-state index in [9.17, 15) is 0 Å². The monoisotopic (exact) mass is 639 g/mol. The predicted molar refractivity (Wildman–Crippen MR) is 198 cm³/mol. The lowest BCUT2D eigenvalue weighted by molar-refractivity contribution is 0.477. The summed E-state index contributed by atoms with van der Waals surface area (Å²) in [4.78, 5) is 2.25. The van der Waals surface area contributed by atoms with E-state index in [1.54, 1.807) is 0 Å². The molecular weight excluding hydrogens is 610 g/mol. The molecule has 0 saturated heterocycles. The summed E-state index contributed by atoms with van der Waals surface area (Å²) in [5, 5.41) is 7.57. The average Bonchev–Trinajstić information content (AvgIpc) is 3.15. The number of para-hydroxylation sites is 4. The van der Waals surface area contributed by atoms with Crippen LogP contribution >= 0.6 is 7.14 Å². The average molecular weight is 640 g/mol. The zero-order valence-corrected chi connectivity index (χ0v) is 27.4. The molecule has 0 radical (unpaired) electrons. The van der Waals surface area contributed by atoms with Crippen molar-refractivity contribution in [2.24, 2.45) is 0 Å². The molecule has 5 heteroatoms.